The van der Waals surface area contributed by atoms with E-state index in [2.05, 4.69) is 6.58 Å². The first-order valence-electron chi connectivity index (χ1n) is 1.85. The summed E-state index contributed by atoms with van der Waals surface area (Å²) in [6.45, 7) is 5.31. The highest BCUT2D eigenvalue weighted by Crippen LogP contribution is 1.82. The highest BCUT2D eigenvalue weighted by Gasteiger charge is 1.66. The SMILES string of the molecule is [B]/C(C=C)=C/C. The van der Waals surface area contributed by atoms with Gasteiger partial charge >= 0.3 is 0 Å². The second-order valence-electron chi connectivity index (χ2n) is 0.993. The summed E-state index contributed by atoms with van der Waals surface area (Å²) < 4.78 is 0. The van der Waals surface area contributed by atoms with Gasteiger partial charge in [0.05, 0.1) is 0 Å². The van der Waals surface area contributed by atoms with Crippen molar-refractivity contribution in [2.45, 2.75) is 6.92 Å². The first kappa shape index (κ1) is 5.54. The maximum absolute atomic E-state index is 5.22. The quantitative estimate of drug-likeness (QED) is 0.327. The van der Waals surface area contributed by atoms with Crippen LogP contribution in [0.4, 0.5) is 0 Å². The van der Waals surface area contributed by atoms with Gasteiger partial charge in [-0.15, -0.1) is 5.47 Å². The third-order valence-corrected chi connectivity index (χ3v) is 0.569. The summed E-state index contributed by atoms with van der Waals surface area (Å²) in [6.07, 6.45) is 3.41. The van der Waals surface area contributed by atoms with Crippen LogP contribution in [0.25, 0.3) is 0 Å². The molecule has 0 N–H and O–H groups in total. The molecule has 6 heavy (non-hydrogen) atoms. The third-order valence-electron chi connectivity index (χ3n) is 0.569. The van der Waals surface area contributed by atoms with Crippen LogP contribution in [0.1, 0.15) is 6.92 Å². The fraction of sp³-hybridized carbons (Fsp3) is 0.200. The summed E-state index contributed by atoms with van der Waals surface area (Å²) in [5.74, 6) is 0. The van der Waals surface area contributed by atoms with E-state index >= 15 is 0 Å². The molecule has 0 unspecified atom stereocenters. The average molecular weight is 77.9 g/mol. The Morgan fingerprint density at radius 3 is 2.33 bits per heavy atom. The summed E-state index contributed by atoms with van der Waals surface area (Å²) in [7, 11) is 5.22. The topological polar surface area (TPSA) is 0 Å². The lowest BCUT2D eigenvalue weighted by molar-refractivity contribution is 1.71. The van der Waals surface area contributed by atoms with Crippen LogP contribution in [0.15, 0.2) is 24.2 Å². The largest absolute Gasteiger partial charge is 0.113 e. The Kier molecular flexibility index (Phi) is 2.56. The fourth-order valence-electron chi connectivity index (χ4n) is 0.118. The Morgan fingerprint density at radius 1 is 1.83 bits per heavy atom. The lowest BCUT2D eigenvalue weighted by Gasteiger charge is -1.78. The minimum atomic E-state index is 0.731. The molecule has 0 aliphatic carbocycles. The van der Waals surface area contributed by atoms with Crippen LogP contribution in [0, 0.1) is 0 Å². The zero-order chi connectivity index (χ0) is 4.99. The van der Waals surface area contributed by atoms with Gasteiger partial charge in [-0.2, -0.15) is 0 Å². The molecule has 0 fully saturated rings. The molecule has 0 saturated heterocycles. The van der Waals surface area contributed by atoms with Crippen LogP contribution in [-0.2, 0) is 0 Å². The zero-order valence-electron chi connectivity index (χ0n) is 3.94. The van der Waals surface area contributed by atoms with Crippen molar-refractivity contribution in [3.8, 4) is 0 Å². The molecule has 0 aromatic carbocycles. The van der Waals surface area contributed by atoms with Gasteiger partial charge in [-0.3, -0.25) is 0 Å². The molecular formula is C5H7B. The summed E-state index contributed by atoms with van der Waals surface area (Å²) in [5.41, 5.74) is 0.731. The van der Waals surface area contributed by atoms with E-state index in [0.717, 1.165) is 5.47 Å². The zero-order valence-corrected chi connectivity index (χ0v) is 3.94. The lowest BCUT2D eigenvalue weighted by Crippen LogP contribution is -1.66. The average Bonchev–Trinajstić information content (AvgIpc) is 1.65. The minimum Gasteiger partial charge on any atom is -0.101 e. The predicted molar refractivity (Wildman–Crippen MR) is 29.7 cm³/mol. The molecule has 0 aromatic heterocycles. The molecule has 30 valence electrons. The molecule has 0 rings (SSSR count). The van der Waals surface area contributed by atoms with E-state index in [1.54, 1.807) is 12.2 Å². The minimum absolute atomic E-state index is 0.731. The second kappa shape index (κ2) is 2.76. The van der Waals surface area contributed by atoms with Crippen molar-refractivity contribution in [2.24, 2.45) is 0 Å². The number of hydrogen-bond donors (Lipinski definition) is 0. The van der Waals surface area contributed by atoms with Crippen LogP contribution in [0.5, 0.6) is 0 Å². The smallest absolute Gasteiger partial charge is 0.101 e. The number of hydrogen-bond acceptors (Lipinski definition) is 0. The van der Waals surface area contributed by atoms with Crippen molar-refractivity contribution in [2.75, 3.05) is 0 Å². The molecule has 0 aliphatic heterocycles. The van der Waals surface area contributed by atoms with Crippen LogP contribution >= 0.6 is 0 Å². The highest BCUT2D eigenvalue weighted by atomic mass is 13.6. The molecule has 0 aromatic rings. The summed E-state index contributed by atoms with van der Waals surface area (Å²) in [4.78, 5) is 0. The van der Waals surface area contributed by atoms with Crippen molar-refractivity contribution >= 4 is 7.85 Å². The Morgan fingerprint density at radius 2 is 2.33 bits per heavy atom. The Bertz CT molecular complexity index is 72.0. The van der Waals surface area contributed by atoms with Crippen LogP contribution in [0.3, 0.4) is 0 Å². The van der Waals surface area contributed by atoms with E-state index in [1.165, 1.54) is 0 Å². The maximum Gasteiger partial charge on any atom is 0.113 e. The molecule has 0 heterocycles. The highest BCUT2D eigenvalue weighted by molar-refractivity contribution is 6.23. The van der Waals surface area contributed by atoms with E-state index < -0.39 is 0 Å². The van der Waals surface area contributed by atoms with Crippen molar-refractivity contribution in [3.63, 3.8) is 0 Å². The van der Waals surface area contributed by atoms with Gasteiger partial charge in [-0.05, 0) is 6.92 Å². The molecule has 0 nitrogen and oxygen atoms in total. The van der Waals surface area contributed by atoms with Gasteiger partial charge in [0.2, 0.25) is 0 Å². The second-order valence-corrected chi connectivity index (χ2v) is 0.993. The van der Waals surface area contributed by atoms with Gasteiger partial charge in [0.15, 0.2) is 0 Å². The third kappa shape index (κ3) is 1.83. The monoisotopic (exact) mass is 78.1 g/mol. The molecule has 1 heteroatoms. The molecule has 0 aliphatic rings. The summed E-state index contributed by atoms with van der Waals surface area (Å²) >= 11 is 0. The molecule has 2 radical (unpaired) electrons. The van der Waals surface area contributed by atoms with Gasteiger partial charge in [0.1, 0.15) is 7.85 Å². The van der Waals surface area contributed by atoms with Crippen LogP contribution < -0.4 is 0 Å². The number of rotatable bonds is 1. The van der Waals surface area contributed by atoms with E-state index in [4.69, 9.17) is 7.85 Å². The lowest BCUT2D eigenvalue weighted by atomic mass is 9.96. The van der Waals surface area contributed by atoms with Crippen molar-refractivity contribution < 1.29 is 0 Å². The fourth-order valence-corrected chi connectivity index (χ4v) is 0.118. The first-order valence-corrected chi connectivity index (χ1v) is 1.85. The molecule has 0 spiro atoms. The molecule has 0 amide bonds. The summed E-state index contributed by atoms with van der Waals surface area (Å²) in [6, 6.07) is 0. The molecule has 0 bridgehead atoms. The Labute approximate surface area is 40.0 Å². The molecular weight excluding hydrogens is 70.9 g/mol. The van der Waals surface area contributed by atoms with Gasteiger partial charge < -0.3 is 0 Å². The van der Waals surface area contributed by atoms with Crippen molar-refractivity contribution in [3.05, 3.63) is 24.2 Å². The molecule has 0 saturated carbocycles. The Hall–Kier alpha value is -0.455. The van der Waals surface area contributed by atoms with Crippen molar-refractivity contribution in [1.29, 1.82) is 0 Å². The Balaban J connectivity index is 3.50. The van der Waals surface area contributed by atoms with Gasteiger partial charge in [0.25, 0.3) is 0 Å². The van der Waals surface area contributed by atoms with E-state index in [-0.39, 0.29) is 0 Å². The van der Waals surface area contributed by atoms with E-state index in [1.807, 2.05) is 6.92 Å². The standard InChI is InChI=1S/C5H7B/c1-3-5(6)4-2/h3-4H,1H2,2H3/b5-4+. The summed E-state index contributed by atoms with van der Waals surface area (Å²) in [5, 5.41) is 0. The van der Waals surface area contributed by atoms with Gasteiger partial charge in [-0.1, -0.05) is 18.7 Å². The van der Waals surface area contributed by atoms with Crippen LogP contribution in [0.2, 0.25) is 0 Å². The van der Waals surface area contributed by atoms with Gasteiger partial charge in [-0.25, -0.2) is 0 Å². The van der Waals surface area contributed by atoms with E-state index in [9.17, 15) is 0 Å². The maximum atomic E-state index is 5.22. The first-order chi connectivity index (χ1) is 2.81. The number of allylic oxidation sites excluding steroid dienone is 3. The van der Waals surface area contributed by atoms with Crippen LogP contribution in [-0.4, -0.2) is 7.85 Å². The molecule has 0 atom stereocenters. The van der Waals surface area contributed by atoms with Gasteiger partial charge in [0, 0.05) is 0 Å². The van der Waals surface area contributed by atoms with Crippen molar-refractivity contribution in [1.82, 2.24) is 0 Å². The normalized spacial score (nSPS) is 11.2. The van der Waals surface area contributed by atoms with E-state index in [0.29, 0.717) is 0 Å². The predicted octanol–water partition coefficient (Wildman–Crippen LogP) is 1.24.